The van der Waals surface area contributed by atoms with E-state index in [0.717, 1.165) is 28.8 Å². The Morgan fingerprint density at radius 3 is 3.00 bits per heavy atom. The second-order valence-corrected chi connectivity index (χ2v) is 3.64. The molecule has 1 aromatic heterocycles. The SMILES string of the molecule is CCc1nc2ccc(CC(=O)OC)cc2[nH]1. The first-order valence-corrected chi connectivity index (χ1v) is 5.27. The minimum absolute atomic E-state index is 0.227. The molecule has 1 N–H and O–H groups in total. The first-order chi connectivity index (χ1) is 7.72. The van der Waals surface area contributed by atoms with Crippen molar-refractivity contribution < 1.29 is 9.53 Å². The molecule has 1 aromatic carbocycles. The van der Waals surface area contributed by atoms with Crippen LogP contribution in [-0.4, -0.2) is 23.0 Å². The lowest BCUT2D eigenvalue weighted by Gasteiger charge is -1.99. The Morgan fingerprint density at radius 1 is 1.50 bits per heavy atom. The van der Waals surface area contributed by atoms with Crippen LogP contribution in [0.2, 0.25) is 0 Å². The molecule has 0 aliphatic rings. The number of imidazole rings is 1. The third-order valence-electron chi connectivity index (χ3n) is 2.51. The largest absolute Gasteiger partial charge is 0.469 e. The number of esters is 1. The molecule has 0 unspecified atom stereocenters. The predicted molar refractivity (Wildman–Crippen MR) is 61.2 cm³/mol. The molecule has 0 fully saturated rings. The van der Waals surface area contributed by atoms with E-state index < -0.39 is 0 Å². The summed E-state index contributed by atoms with van der Waals surface area (Å²) in [5.41, 5.74) is 2.84. The standard InChI is InChI=1S/C12H14N2O2/c1-3-11-13-9-5-4-8(6-10(9)14-11)7-12(15)16-2/h4-6H,3,7H2,1-2H3,(H,13,14). The number of aryl methyl sites for hydroxylation is 1. The van der Waals surface area contributed by atoms with Gasteiger partial charge in [-0.2, -0.15) is 0 Å². The highest BCUT2D eigenvalue weighted by Crippen LogP contribution is 2.14. The van der Waals surface area contributed by atoms with Gasteiger partial charge in [0, 0.05) is 6.42 Å². The quantitative estimate of drug-likeness (QED) is 0.800. The number of H-pyrrole nitrogens is 1. The Hall–Kier alpha value is -1.84. The Bertz CT molecular complexity index is 517. The van der Waals surface area contributed by atoms with Gasteiger partial charge in [0.05, 0.1) is 24.6 Å². The summed E-state index contributed by atoms with van der Waals surface area (Å²) in [5.74, 6) is 0.736. The van der Waals surface area contributed by atoms with Crippen molar-refractivity contribution in [3.8, 4) is 0 Å². The number of aromatic nitrogens is 2. The number of nitrogens with one attached hydrogen (secondary N) is 1. The molecular formula is C12H14N2O2. The van der Waals surface area contributed by atoms with Gasteiger partial charge in [-0.25, -0.2) is 4.98 Å². The lowest BCUT2D eigenvalue weighted by molar-refractivity contribution is -0.139. The van der Waals surface area contributed by atoms with E-state index in [-0.39, 0.29) is 5.97 Å². The zero-order valence-electron chi connectivity index (χ0n) is 9.41. The fourth-order valence-electron chi connectivity index (χ4n) is 1.63. The summed E-state index contributed by atoms with van der Waals surface area (Å²) in [6, 6.07) is 5.77. The molecule has 84 valence electrons. The number of ether oxygens (including phenoxy) is 1. The maximum atomic E-state index is 11.1. The number of hydrogen-bond acceptors (Lipinski definition) is 3. The third-order valence-corrected chi connectivity index (χ3v) is 2.51. The Balaban J connectivity index is 2.32. The van der Waals surface area contributed by atoms with Gasteiger partial charge in [-0.15, -0.1) is 0 Å². The molecule has 0 saturated carbocycles. The average molecular weight is 218 g/mol. The minimum atomic E-state index is -0.227. The van der Waals surface area contributed by atoms with Gasteiger partial charge in [0.25, 0.3) is 0 Å². The molecule has 2 aromatic rings. The molecule has 0 saturated heterocycles. The molecule has 4 heteroatoms. The van der Waals surface area contributed by atoms with Crippen LogP contribution in [0.15, 0.2) is 18.2 Å². The van der Waals surface area contributed by atoms with Gasteiger partial charge in [-0.05, 0) is 17.7 Å². The van der Waals surface area contributed by atoms with Crippen molar-refractivity contribution in [3.05, 3.63) is 29.6 Å². The summed E-state index contributed by atoms with van der Waals surface area (Å²) >= 11 is 0. The number of carbonyl (C=O) groups is 1. The van der Waals surface area contributed by atoms with Crippen LogP contribution in [0, 0.1) is 0 Å². The van der Waals surface area contributed by atoms with Crippen molar-refractivity contribution in [3.63, 3.8) is 0 Å². The van der Waals surface area contributed by atoms with Crippen LogP contribution in [0.3, 0.4) is 0 Å². The fraction of sp³-hybridized carbons (Fsp3) is 0.333. The van der Waals surface area contributed by atoms with Gasteiger partial charge in [0.2, 0.25) is 0 Å². The van der Waals surface area contributed by atoms with Gasteiger partial charge in [0.15, 0.2) is 0 Å². The highest BCUT2D eigenvalue weighted by Gasteiger charge is 2.06. The Kier molecular flexibility index (Phi) is 2.90. The van der Waals surface area contributed by atoms with E-state index in [0.29, 0.717) is 6.42 Å². The van der Waals surface area contributed by atoms with Crippen LogP contribution in [0.4, 0.5) is 0 Å². The topological polar surface area (TPSA) is 55.0 Å². The van der Waals surface area contributed by atoms with Crippen LogP contribution in [0.25, 0.3) is 11.0 Å². The van der Waals surface area contributed by atoms with Crippen LogP contribution in [0.1, 0.15) is 18.3 Å². The van der Waals surface area contributed by atoms with Gasteiger partial charge < -0.3 is 9.72 Å². The average Bonchev–Trinajstić information content (AvgIpc) is 2.71. The second-order valence-electron chi connectivity index (χ2n) is 3.64. The van der Waals surface area contributed by atoms with E-state index in [1.54, 1.807) is 0 Å². The summed E-state index contributed by atoms with van der Waals surface area (Å²) in [6.45, 7) is 2.05. The summed E-state index contributed by atoms with van der Waals surface area (Å²) in [4.78, 5) is 18.7. The molecular weight excluding hydrogens is 204 g/mol. The van der Waals surface area contributed by atoms with Crippen molar-refractivity contribution >= 4 is 17.0 Å². The number of aromatic amines is 1. The highest BCUT2D eigenvalue weighted by atomic mass is 16.5. The maximum absolute atomic E-state index is 11.1. The number of nitrogens with zero attached hydrogens (tertiary/aromatic N) is 1. The molecule has 0 bridgehead atoms. The number of carbonyl (C=O) groups excluding carboxylic acids is 1. The van der Waals surface area contributed by atoms with Gasteiger partial charge in [0.1, 0.15) is 5.82 Å². The number of fused-ring (bicyclic) bond motifs is 1. The second kappa shape index (κ2) is 4.35. The molecule has 0 radical (unpaired) electrons. The molecule has 4 nitrogen and oxygen atoms in total. The number of benzene rings is 1. The summed E-state index contributed by atoms with van der Waals surface area (Å²) in [6.07, 6.45) is 1.17. The lowest BCUT2D eigenvalue weighted by atomic mass is 10.1. The normalized spacial score (nSPS) is 10.6. The van der Waals surface area contributed by atoms with E-state index in [1.807, 2.05) is 25.1 Å². The number of methoxy groups -OCH3 is 1. The van der Waals surface area contributed by atoms with Crippen molar-refractivity contribution in [2.45, 2.75) is 19.8 Å². The molecule has 0 aliphatic heterocycles. The van der Waals surface area contributed by atoms with Gasteiger partial charge in [-0.1, -0.05) is 13.0 Å². The van der Waals surface area contributed by atoms with Crippen LogP contribution in [0.5, 0.6) is 0 Å². The Morgan fingerprint density at radius 2 is 2.31 bits per heavy atom. The van der Waals surface area contributed by atoms with E-state index in [1.165, 1.54) is 7.11 Å². The lowest BCUT2D eigenvalue weighted by Crippen LogP contribution is -2.04. The molecule has 0 atom stereocenters. The summed E-state index contributed by atoms with van der Waals surface area (Å²) < 4.78 is 4.63. The van der Waals surface area contributed by atoms with E-state index in [2.05, 4.69) is 14.7 Å². The maximum Gasteiger partial charge on any atom is 0.309 e. The highest BCUT2D eigenvalue weighted by molar-refractivity contribution is 5.79. The van der Waals surface area contributed by atoms with E-state index in [4.69, 9.17) is 0 Å². The first kappa shape index (κ1) is 10.7. The molecule has 2 rings (SSSR count). The molecule has 1 heterocycles. The number of rotatable bonds is 3. The zero-order chi connectivity index (χ0) is 11.5. The molecule has 0 aliphatic carbocycles. The molecule has 0 amide bonds. The number of hydrogen-bond donors (Lipinski definition) is 1. The predicted octanol–water partition coefficient (Wildman–Crippen LogP) is 1.84. The van der Waals surface area contributed by atoms with Crippen LogP contribution in [-0.2, 0) is 22.4 Å². The summed E-state index contributed by atoms with van der Waals surface area (Å²) in [7, 11) is 1.40. The Labute approximate surface area is 93.6 Å². The first-order valence-electron chi connectivity index (χ1n) is 5.27. The smallest absolute Gasteiger partial charge is 0.309 e. The summed E-state index contributed by atoms with van der Waals surface area (Å²) in [5, 5.41) is 0. The van der Waals surface area contributed by atoms with Gasteiger partial charge in [-0.3, -0.25) is 4.79 Å². The van der Waals surface area contributed by atoms with Gasteiger partial charge >= 0.3 is 5.97 Å². The monoisotopic (exact) mass is 218 g/mol. The van der Waals surface area contributed by atoms with Crippen molar-refractivity contribution in [1.82, 2.24) is 9.97 Å². The third kappa shape index (κ3) is 2.05. The fourth-order valence-corrected chi connectivity index (χ4v) is 1.63. The van der Waals surface area contributed by atoms with Crippen molar-refractivity contribution in [2.24, 2.45) is 0 Å². The molecule has 16 heavy (non-hydrogen) atoms. The van der Waals surface area contributed by atoms with Crippen LogP contribution < -0.4 is 0 Å². The van der Waals surface area contributed by atoms with Crippen molar-refractivity contribution in [1.29, 1.82) is 0 Å². The zero-order valence-corrected chi connectivity index (χ0v) is 9.41. The van der Waals surface area contributed by atoms with Crippen molar-refractivity contribution in [2.75, 3.05) is 7.11 Å². The van der Waals surface area contributed by atoms with E-state index in [9.17, 15) is 4.79 Å². The molecule has 0 spiro atoms. The van der Waals surface area contributed by atoms with E-state index >= 15 is 0 Å². The minimum Gasteiger partial charge on any atom is -0.469 e. The van der Waals surface area contributed by atoms with Crippen LogP contribution >= 0.6 is 0 Å².